The minimum absolute atomic E-state index is 0.122. The molecule has 1 aromatic heterocycles. The third-order valence-electron chi connectivity index (χ3n) is 3.91. The van der Waals surface area contributed by atoms with Crippen molar-refractivity contribution in [3.05, 3.63) is 58.0 Å². The van der Waals surface area contributed by atoms with Crippen molar-refractivity contribution in [3.8, 4) is 5.75 Å². The Kier molecular flexibility index (Phi) is 7.25. The Morgan fingerprint density at radius 3 is 2.54 bits per heavy atom. The first kappa shape index (κ1) is 20.5. The molecule has 1 aromatic carbocycles. The third-order valence-corrected chi connectivity index (χ3v) is 6.18. The van der Waals surface area contributed by atoms with E-state index in [9.17, 15) is 13.2 Å². The summed E-state index contributed by atoms with van der Waals surface area (Å²) in [6, 6.07) is 9.71. The van der Waals surface area contributed by atoms with Gasteiger partial charge in [0.1, 0.15) is 5.75 Å². The average molecular weight is 399 g/mol. The molecule has 1 heterocycles. The van der Waals surface area contributed by atoms with E-state index < -0.39 is 10.0 Å². The monoisotopic (exact) mass is 398 g/mol. The first-order chi connectivity index (χ1) is 12.4. The molecule has 0 amide bonds. The van der Waals surface area contributed by atoms with E-state index >= 15 is 0 Å². The number of benzene rings is 1. The van der Waals surface area contributed by atoms with E-state index in [-0.39, 0.29) is 10.5 Å². The van der Waals surface area contributed by atoms with Crippen LogP contribution in [0.4, 0.5) is 0 Å². The van der Waals surface area contributed by atoms with Gasteiger partial charge in [-0.25, -0.2) is 8.42 Å². The molecule has 0 fully saturated rings. The molecule has 0 atom stereocenters. The predicted molar refractivity (Wildman–Crippen MR) is 102 cm³/mol. The van der Waals surface area contributed by atoms with Gasteiger partial charge in [-0.2, -0.15) is 4.31 Å². The highest BCUT2D eigenvalue weighted by molar-refractivity contribution is 7.89. The molecule has 6 nitrogen and oxygen atoms in total. The van der Waals surface area contributed by atoms with Crippen LogP contribution in [0, 0.1) is 0 Å². The number of sulfonamides is 1. The molecule has 142 valence electrons. The van der Waals surface area contributed by atoms with Crippen molar-refractivity contribution in [2.45, 2.75) is 31.7 Å². The van der Waals surface area contributed by atoms with Gasteiger partial charge in [-0.05, 0) is 30.7 Å². The first-order valence-electron chi connectivity index (χ1n) is 8.47. The Balaban J connectivity index is 2.05. The zero-order valence-corrected chi connectivity index (χ0v) is 16.5. The maximum atomic E-state index is 12.6. The standard InChI is InChI=1S/C18H23ClN2O4S/c1-3-21(4-2)26(23,24)17-9-10-18(22)20(14-17)11-6-12-25-16-8-5-7-15(19)13-16/h5,7-10,13-14H,3-4,6,11-12H2,1-2H3. The minimum Gasteiger partial charge on any atom is -0.493 e. The van der Waals surface area contributed by atoms with Gasteiger partial charge in [0, 0.05) is 36.9 Å². The zero-order valence-electron chi connectivity index (χ0n) is 14.9. The van der Waals surface area contributed by atoms with Crippen LogP contribution in [-0.4, -0.2) is 37.0 Å². The number of rotatable bonds is 9. The number of aromatic nitrogens is 1. The Bertz CT molecular complexity index is 892. The van der Waals surface area contributed by atoms with Crippen LogP contribution in [0.1, 0.15) is 20.3 Å². The highest BCUT2D eigenvalue weighted by Gasteiger charge is 2.22. The smallest absolute Gasteiger partial charge is 0.250 e. The number of aryl methyl sites for hydroxylation is 1. The van der Waals surface area contributed by atoms with Crippen LogP contribution in [0.25, 0.3) is 0 Å². The lowest BCUT2D eigenvalue weighted by Gasteiger charge is -2.19. The summed E-state index contributed by atoms with van der Waals surface area (Å²) in [5, 5.41) is 0.591. The average Bonchev–Trinajstić information content (AvgIpc) is 2.61. The summed E-state index contributed by atoms with van der Waals surface area (Å²) in [4.78, 5) is 12.1. The Morgan fingerprint density at radius 2 is 1.88 bits per heavy atom. The lowest BCUT2D eigenvalue weighted by molar-refractivity contribution is 0.300. The van der Waals surface area contributed by atoms with E-state index in [2.05, 4.69) is 0 Å². The molecular formula is C18H23ClN2O4S. The molecule has 8 heteroatoms. The van der Waals surface area contributed by atoms with E-state index in [4.69, 9.17) is 16.3 Å². The second-order valence-electron chi connectivity index (χ2n) is 5.65. The fourth-order valence-electron chi connectivity index (χ4n) is 2.53. The predicted octanol–water partition coefficient (Wildman–Crippen LogP) is 3.00. The summed E-state index contributed by atoms with van der Waals surface area (Å²) in [5.74, 6) is 0.655. The van der Waals surface area contributed by atoms with E-state index in [1.165, 1.54) is 27.2 Å². The molecule has 0 radical (unpaired) electrons. The maximum absolute atomic E-state index is 12.6. The fraction of sp³-hybridized carbons (Fsp3) is 0.389. The summed E-state index contributed by atoms with van der Waals surface area (Å²) in [6.07, 6.45) is 1.95. The lowest BCUT2D eigenvalue weighted by atomic mass is 10.3. The number of hydrogen-bond acceptors (Lipinski definition) is 4. The SMILES string of the molecule is CCN(CC)S(=O)(=O)c1ccc(=O)n(CCCOc2cccc(Cl)c2)c1. The normalized spacial score (nSPS) is 11.7. The topological polar surface area (TPSA) is 68.6 Å². The van der Waals surface area contributed by atoms with Gasteiger partial charge in [0.05, 0.1) is 11.5 Å². The molecular weight excluding hydrogens is 376 g/mol. The van der Waals surface area contributed by atoms with Gasteiger partial charge in [0.25, 0.3) is 5.56 Å². The summed E-state index contributed by atoms with van der Waals surface area (Å²) in [6.45, 7) is 5.08. The lowest BCUT2D eigenvalue weighted by Crippen LogP contribution is -2.32. The zero-order chi connectivity index (χ0) is 19.2. The van der Waals surface area contributed by atoms with Crippen LogP contribution < -0.4 is 10.3 Å². The molecule has 0 spiro atoms. The van der Waals surface area contributed by atoms with Crippen molar-refractivity contribution in [3.63, 3.8) is 0 Å². The van der Waals surface area contributed by atoms with Gasteiger partial charge in [-0.1, -0.05) is 31.5 Å². The van der Waals surface area contributed by atoms with Gasteiger partial charge in [0.2, 0.25) is 10.0 Å². The van der Waals surface area contributed by atoms with Crippen molar-refractivity contribution in [1.82, 2.24) is 8.87 Å². The van der Waals surface area contributed by atoms with Crippen molar-refractivity contribution in [1.29, 1.82) is 0 Å². The Morgan fingerprint density at radius 1 is 1.15 bits per heavy atom. The number of hydrogen-bond donors (Lipinski definition) is 0. The molecule has 0 saturated heterocycles. The van der Waals surface area contributed by atoms with Gasteiger partial charge in [0.15, 0.2) is 0 Å². The molecule has 2 rings (SSSR count). The van der Waals surface area contributed by atoms with E-state index in [0.29, 0.717) is 43.4 Å². The largest absolute Gasteiger partial charge is 0.493 e. The van der Waals surface area contributed by atoms with Crippen LogP contribution in [0.3, 0.4) is 0 Å². The van der Waals surface area contributed by atoms with Gasteiger partial charge in [-0.3, -0.25) is 4.79 Å². The Labute approximate surface area is 159 Å². The fourth-order valence-corrected chi connectivity index (χ4v) is 4.19. The van der Waals surface area contributed by atoms with E-state index in [1.54, 1.807) is 38.1 Å². The van der Waals surface area contributed by atoms with Gasteiger partial charge in [-0.15, -0.1) is 0 Å². The van der Waals surface area contributed by atoms with Crippen LogP contribution in [0.15, 0.2) is 52.3 Å². The third kappa shape index (κ3) is 5.09. The second kappa shape index (κ2) is 9.21. The van der Waals surface area contributed by atoms with Crippen LogP contribution in [0.2, 0.25) is 5.02 Å². The molecule has 0 aliphatic carbocycles. The highest BCUT2D eigenvalue weighted by Crippen LogP contribution is 2.17. The summed E-state index contributed by atoms with van der Waals surface area (Å²) in [7, 11) is -3.59. The minimum atomic E-state index is -3.59. The number of nitrogens with zero attached hydrogens (tertiary/aromatic N) is 2. The Hall–Kier alpha value is -1.83. The summed E-state index contributed by atoms with van der Waals surface area (Å²) >= 11 is 5.90. The molecule has 2 aromatic rings. The number of halogens is 1. The van der Waals surface area contributed by atoms with Crippen molar-refractivity contribution >= 4 is 21.6 Å². The van der Waals surface area contributed by atoms with Crippen molar-refractivity contribution in [2.75, 3.05) is 19.7 Å². The van der Waals surface area contributed by atoms with Crippen molar-refractivity contribution in [2.24, 2.45) is 0 Å². The molecule has 0 N–H and O–H groups in total. The van der Waals surface area contributed by atoms with Crippen LogP contribution in [0.5, 0.6) is 5.75 Å². The molecule has 0 saturated carbocycles. The van der Waals surface area contributed by atoms with Gasteiger partial charge >= 0.3 is 0 Å². The first-order valence-corrected chi connectivity index (χ1v) is 10.3. The van der Waals surface area contributed by atoms with Gasteiger partial charge < -0.3 is 9.30 Å². The highest BCUT2D eigenvalue weighted by atomic mass is 35.5. The molecule has 26 heavy (non-hydrogen) atoms. The summed E-state index contributed by atoms with van der Waals surface area (Å²) < 4.78 is 33.5. The molecule has 0 unspecified atom stereocenters. The second-order valence-corrected chi connectivity index (χ2v) is 8.02. The van der Waals surface area contributed by atoms with Crippen molar-refractivity contribution < 1.29 is 13.2 Å². The molecule has 0 aliphatic rings. The van der Waals surface area contributed by atoms with E-state index in [0.717, 1.165) is 0 Å². The quantitative estimate of drug-likeness (QED) is 0.609. The van der Waals surface area contributed by atoms with E-state index in [1.807, 2.05) is 0 Å². The summed E-state index contributed by atoms with van der Waals surface area (Å²) in [5.41, 5.74) is -0.244. The number of ether oxygens (including phenoxy) is 1. The molecule has 0 aliphatic heterocycles. The number of pyridine rings is 1. The maximum Gasteiger partial charge on any atom is 0.250 e. The van der Waals surface area contributed by atoms with Crippen LogP contribution in [-0.2, 0) is 16.6 Å². The molecule has 0 bridgehead atoms. The van der Waals surface area contributed by atoms with Crippen LogP contribution >= 0.6 is 11.6 Å².